The molecule has 8 rings (SSSR count). The Morgan fingerprint density at radius 3 is 1.55 bits per heavy atom. The number of methoxy groups -OCH3 is 7. The van der Waals surface area contributed by atoms with E-state index in [-0.39, 0.29) is 19.8 Å². The second kappa shape index (κ2) is 24.1. The quantitative estimate of drug-likeness (QED) is 0.0783. The van der Waals surface area contributed by atoms with Crippen LogP contribution >= 0.6 is 0 Å². The lowest BCUT2D eigenvalue weighted by atomic mass is 9.95. The molecule has 7 fully saturated rings. The highest BCUT2D eigenvalue weighted by molar-refractivity contribution is 5.17. The fourth-order valence-electron chi connectivity index (χ4n) is 10.2. The molecule has 7 aliphatic rings. The molecule has 0 saturated carbocycles. The largest absolute Gasteiger partial charge is 0.394 e. The zero-order chi connectivity index (χ0) is 49.1. The maximum atomic E-state index is 11.5. The van der Waals surface area contributed by atoms with E-state index in [4.69, 9.17) is 90.0 Å². The molecule has 25 heteroatoms. The third-order valence-electron chi connectivity index (χ3n) is 13.7. The van der Waals surface area contributed by atoms with Crippen molar-refractivity contribution in [2.75, 3.05) is 82.8 Å². The van der Waals surface area contributed by atoms with Crippen LogP contribution in [-0.4, -0.2) is 267 Å². The van der Waals surface area contributed by atoms with Crippen LogP contribution in [0.4, 0.5) is 0 Å². The van der Waals surface area contributed by atoms with Crippen LogP contribution in [0.25, 0.3) is 0 Å². The van der Waals surface area contributed by atoms with Crippen LogP contribution in [-0.2, 0) is 90.0 Å². The van der Waals surface area contributed by atoms with Crippen LogP contribution in [0.5, 0.6) is 0 Å². The first kappa shape index (κ1) is 53.5. The third-order valence-corrected chi connectivity index (χ3v) is 13.7. The van der Waals surface area contributed by atoms with E-state index in [2.05, 4.69) is 0 Å². The van der Waals surface area contributed by atoms with Crippen molar-refractivity contribution in [3.63, 3.8) is 0 Å². The van der Waals surface area contributed by atoms with Crippen molar-refractivity contribution in [2.24, 2.45) is 0 Å². The summed E-state index contributed by atoms with van der Waals surface area (Å²) < 4.78 is 115. The molecule has 0 aromatic heterocycles. The first-order valence-electron chi connectivity index (χ1n) is 22.9. The van der Waals surface area contributed by atoms with Crippen LogP contribution in [0.1, 0.15) is 11.9 Å². The summed E-state index contributed by atoms with van der Waals surface area (Å²) in [6, 6.07) is 9.04. The van der Waals surface area contributed by atoms with E-state index in [1.807, 2.05) is 18.2 Å². The molecule has 26 atom stereocenters. The maximum absolute atomic E-state index is 11.5. The lowest BCUT2D eigenvalue weighted by molar-refractivity contribution is -0.400. The van der Waals surface area contributed by atoms with Crippen LogP contribution in [0, 0.1) is 0 Å². The molecule has 1 aromatic carbocycles. The highest BCUT2D eigenvalue weighted by atomic mass is 16.8. The van der Waals surface area contributed by atoms with Crippen LogP contribution in [0.2, 0.25) is 0 Å². The van der Waals surface area contributed by atoms with Crippen molar-refractivity contribution in [2.45, 2.75) is 160 Å². The number of benzene rings is 1. The van der Waals surface area contributed by atoms with Gasteiger partial charge in [0.2, 0.25) is 0 Å². The fraction of sp³-hybridized carbons (Fsp3) is 0.864. The van der Waals surface area contributed by atoms with Gasteiger partial charge in [0.05, 0.1) is 33.0 Å². The van der Waals surface area contributed by atoms with Gasteiger partial charge < -0.3 is 121 Å². The monoisotopic (exact) mass is 996 g/mol. The lowest BCUT2D eigenvalue weighted by Crippen LogP contribution is -2.68. The molecule has 1 aromatic rings. The second-order valence-electron chi connectivity index (χ2n) is 17.6. The van der Waals surface area contributed by atoms with E-state index in [9.17, 15) is 30.6 Å². The lowest BCUT2D eigenvalue weighted by Gasteiger charge is -2.51. The second-order valence-corrected chi connectivity index (χ2v) is 17.6. The van der Waals surface area contributed by atoms with E-state index < -0.39 is 173 Å². The topological polar surface area (TPSA) is 297 Å². The molecule has 6 N–H and O–H groups in total. The minimum absolute atomic E-state index is 0.0142. The van der Waals surface area contributed by atoms with Crippen molar-refractivity contribution in [3.8, 4) is 0 Å². The summed E-state index contributed by atoms with van der Waals surface area (Å²) in [4.78, 5) is 0. The number of hydrogen-bond acceptors (Lipinski definition) is 25. The van der Waals surface area contributed by atoms with Gasteiger partial charge in [-0.3, -0.25) is 0 Å². The van der Waals surface area contributed by atoms with Gasteiger partial charge in [0.1, 0.15) is 122 Å². The fourth-order valence-corrected chi connectivity index (χ4v) is 10.2. The van der Waals surface area contributed by atoms with E-state index >= 15 is 0 Å². The first-order chi connectivity index (χ1) is 33.5. The summed E-state index contributed by atoms with van der Waals surface area (Å²) in [6.07, 6.45) is -29.6. The minimum atomic E-state index is -1.86. The highest BCUT2D eigenvalue weighted by Crippen LogP contribution is 2.40. The van der Waals surface area contributed by atoms with Gasteiger partial charge in [0, 0.05) is 55.3 Å². The number of aliphatic hydroxyl groups excluding tert-OH is 6. The zero-order valence-corrected chi connectivity index (χ0v) is 39.4. The molecular weight excluding hydrogens is 928 g/mol. The Labute approximate surface area is 398 Å². The van der Waals surface area contributed by atoms with Crippen molar-refractivity contribution < 1.29 is 121 Å². The number of rotatable bonds is 19. The zero-order valence-electron chi connectivity index (χ0n) is 39.4. The predicted octanol–water partition coefficient (Wildman–Crippen LogP) is -3.54. The molecule has 7 saturated heterocycles. The maximum Gasteiger partial charge on any atom is 0.187 e. The number of ether oxygens (including phenoxy) is 19. The average Bonchev–Trinajstić information content (AvgIpc) is 3.81. The molecule has 25 nitrogen and oxygen atoms in total. The molecule has 2 bridgehead atoms. The smallest absolute Gasteiger partial charge is 0.187 e. The predicted molar refractivity (Wildman–Crippen MR) is 224 cm³/mol. The van der Waals surface area contributed by atoms with E-state index in [1.54, 1.807) is 19.2 Å². The minimum Gasteiger partial charge on any atom is -0.394 e. The van der Waals surface area contributed by atoms with Crippen LogP contribution in [0.3, 0.4) is 0 Å². The summed E-state index contributed by atoms with van der Waals surface area (Å²) in [7, 11) is 10.2. The van der Waals surface area contributed by atoms with Crippen molar-refractivity contribution in [1.29, 1.82) is 0 Å². The average molecular weight is 997 g/mol. The molecule has 0 radical (unpaired) electrons. The molecule has 7 aliphatic heterocycles. The Kier molecular flexibility index (Phi) is 18.7. The van der Waals surface area contributed by atoms with Gasteiger partial charge in [-0.1, -0.05) is 30.3 Å². The van der Waals surface area contributed by atoms with Crippen molar-refractivity contribution in [1.82, 2.24) is 0 Å². The van der Waals surface area contributed by atoms with Gasteiger partial charge in [-0.15, -0.1) is 0 Å². The highest BCUT2D eigenvalue weighted by Gasteiger charge is 2.59. The Balaban J connectivity index is 0.932. The van der Waals surface area contributed by atoms with E-state index in [0.29, 0.717) is 5.56 Å². The van der Waals surface area contributed by atoms with Crippen LogP contribution < -0.4 is 0 Å². The van der Waals surface area contributed by atoms with Gasteiger partial charge in [-0.25, -0.2) is 0 Å². The molecule has 69 heavy (non-hydrogen) atoms. The molecule has 7 heterocycles. The van der Waals surface area contributed by atoms with Gasteiger partial charge in [0.15, 0.2) is 37.7 Å². The van der Waals surface area contributed by atoms with Gasteiger partial charge in [-0.05, 0) is 0 Å². The van der Waals surface area contributed by atoms with Gasteiger partial charge in [0.25, 0.3) is 0 Å². The van der Waals surface area contributed by atoms with Gasteiger partial charge in [-0.2, -0.15) is 0 Å². The Morgan fingerprint density at radius 1 is 0.449 bits per heavy atom. The number of hydrogen-bond donors (Lipinski definition) is 6. The molecule has 0 spiro atoms. The standard InChI is InChI=1S/C44H68O25/c1-51-15-21-31(35(54-4)38(57-7)44(64-21)69-32-23-17-59-42(63-23)36(55-5)34(32)53-3)68-43-37(56-6)33(52-2)30(20(14-46)61-43)67-40-26(49)24(47)28(19(13-45)60-40)66-41-27(50)25(48)29-22(62-41)16-58-39(65-29)18-11-9-8-10-12-18/h8-12,19-50H,13-17H2,1-7H3/t19?,20?,21?,22?,23-,24?,25?,26?,27?,28+,29+,30+,31+,32+,33-,34?,35-,36?,37?,38?,39?,40-,41+,42+,43-,44-/m0/s1. The van der Waals surface area contributed by atoms with E-state index in [1.165, 1.54) is 42.7 Å². The summed E-state index contributed by atoms with van der Waals surface area (Å²) in [5.41, 5.74) is 0.701. The third kappa shape index (κ3) is 10.8. The number of aliphatic hydroxyl groups is 6. The SMILES string of the molecule is COCC1O[C@@H](O[C@H]2C(OC)C(OC)[C@@H]3OC[C@@H]2O3)C(OC)[C@@H](OC)[C@@H]1O[C@@H]1OC(CO)[C@@H](O[C@@H]2OC(CO)[C@@H](O[C@H]3OC4COC(c5ccccc5)O[C@H]4C(O)C3O)C(O)C2O)[C@H](OC)C1OC. The van der Waals surface area contributed by atoms with Crippen LogP contribution in [0.15, 0.2) is 30.3 Å². The first-order valence-corrected chi connectivity index (χ1v) is 22.9. The molecular formula is C44H68O25. The van der Waals surface area contributed by atoms with Crippen molar-refractivity contribution >= 4 is 0 Å². The van der Waals surface area contributed by atoms with Gasteiger partial charge >= 0.3 is 0 Å². The molecule has 0 aliphatic carbocycles. The molecule has 0 amide bonds. The number of fused-ring (bicyclic) bond motifs is 3. The molecule has 13 unspecified atom stereocenters. The normalized spacial score (nSPS) is 48.0. The van der Waals surface area contributed by atoms with E-state index in [0.717, 1.165) is 0 Å². The summed E-state index contributed by atoms with van der Waals surface area (Å²) >= 11 is 0. The summed E-state index contributed by atoms with van der Waals surface area (Å²) in [6.45, 7) is -1.26. The summed E-state index contributed by atoms with van der Waals surface area (Å²) in [5.74, 6) is 0. The summed E-state index contributed by atoms with van der Waals surface area (Å²) in [5, 5.41) is 66.5. The Morgan fingerprint density at radius 2 is 0.942 bits per heavy atom. The Hall–Kier alpha value is -1.78. The van der Waals surface area contributed by atoms with Crippen molar-refractivity contribution in [3.05, 3.63) is 35.9 Å². The Bertz CT molecular complexity index is 1700. The molecule has 394 valence electrons.